The minimum atomic E-state index is -1.16. The molecule has 1 fully saturated rings. The van der Waals surface area contributed by atoms with Gasteiger partial charge in [0.05, 0.1) is 0 Å². The van der Waals surface area contributed by atoms with Crippen molar-refractivity contribution in [2.75, 3.05) is 13.1 Å². The van der Waals surface area contributed by atoms with Gasteiger partial charge in [-0.25, -0.2) is 13.2 Å². The van der Waals surface area contributed by atoms with Gasteiger partial charge in [-0.05, 0) is 12.3 Å². The first-order chi connectivity index (χ1) is 8.90. The first-order valence-electron chi connectivity index (χ1n) is 5.98. The van der Waals surface area contributed by atoms with Gasteiger partial charge >= 0.3 is 0 Å². The average molecular weight is 336 g/mol. The van der Waals surface area contributed by atoms with E-state index in [0.717, 1.165) is 6.42 Å². The molecule has 0 aromatic heterocycles. The van der Waals surface area contributed by atoms with Gasteiger partial charge in [0.15, 0.2) is 0 Å². The number of likely N-dealkylation sites (tertiary alicyclic amines) is 1. The number of carbonyl (C=O) groups excluding carboxylic acids is 1. The summed E-state index contributed by atoms with van der Waals surface area (Å²) in [6.07, 6.45) is 0.720. The minimum Gasteiger partial charge on any atom is -0.338 e. The number of hydrogen-bond acceptors (Lipinski definition) is 1. The number of piperidine rings is 1. The highest BCUT2D eigenvalue weighted by Gasteiger charge is 2.30. The van der Waals surface area contributed by atoms with E-state index in [0.29, 0.717) is 30.0 Å². The third-order valence-corrected chi connectivity index (χ3v) is 4.67. The normalized spacial score (nSPS) is 23.5. The second kappa shape index (κ2) is 5.53. The SMILES string of the molecule is CC1CN(C(=O)c2c(F)cc(F)cc2F)CCC1Br. The lowest BCUT2D eigenvalue weighted by Gasteiger charge is -2.34. The number of rotatable bonds is 1. The Morgan fingerprint density at radius 1 is 1.32 bits per heavy atom. The van der Waals surface area contributed by atoms with E-state index >= 15 is 0 Å². The summed E-state index contributed by atoms with van der Waals surface area (Å²) in [6, 6.07) is 1.05. The van der Waals surface area contributed by atoms with Crippen LogP contribution in [-0.4, -0.2) is 28.7 Å². The average Bonchev–Trinajstić information content (AvgIpc) is 2.31. The number of nitrogens with zero attached hydrogens (tertiary/aromatic N) is 1. The summed E-state index contributed by atoms with van der Waals surface area (Å²) in [6.45, 7) is 2.80. The Kier molecular flexibility index (Phi) is 4.18. The molecule has 1 amide bonds. The Labute approximate surface area is 117 Å². The van der Waals surface area contributed by atoms with Crippen LogP contribution in [0.1, 0.15) is 23.7 Å². The van der Waals surface area contributed by atoms with Crippen molar-refractivity contribution in [3.05, 3.63) is 35.1 Å². The second-order valence-electron chi connectivity index (χ2n) is 4.78. The van der Waals surface area contributed by atoms with Crippen LogP contribution in [0.25, 0.3) is 0 Å². The number of benzene rings is 1. The van der Waals surface area contributed by atoms with E-state index in [-0.39, 0.29) is 5.92 Å². The summed E-state index contributed by atoms with van der Waals surface area (Å²) < 4.78 is 39.9. The topological polar surface area (TPSA) is 20.3 Å². The highest BCUT2D eigenvalue weighted by atomic mass is 79.9. The van der Waals surface area contributed by atoms with Crippen molar-refractivity contribution >= 4 is 21.8 Å². The van der Waals surface area contributed by atoms with E-state index in [9.17, 15) is 18.0 Å². The second-order valence-corrected chi connectivity index (χ2v) is 5.95. The molecular formula is C13H13BrF3NO. The largest absolute Gasteiger partial charge is 0.338 e. The summed E-state index contributed by atoms with van der Waals surface area (Å²) in [7, 11) is 0. The lowest BCUT2D eigenvalue weighted by atomic mass is 9.99. The van der Waals surface area contributed by atoms with Crippen molar-refractivity contribution in [2.24, 2.45) is 5.92 Å². The molecule has 104 valence electrons. The van der Waals surface area contributed by atoms with Crippen molar-refractivity contribution in [1.29, 1.82) is 0 Å². The molecule has 19 heavy (non-hydrogen) atoms. The number of alkyl halides is 1. The van der Waals surface area contributed by atoms with Crippen LogP contribution in [0.2, 0.25) is 0 Å². The van der Waals surface area contributed by atoms with Crippen LogP contribution in [0.3, 0.4) is 0 Å². The van der Waals surface area contributed by atoms with Crippen LogP contribution in [-0.2, 0) is 0 Å². The molecule has 0 radical (unpaired) electrons. The molecule has 1 heterocycles. The summed E-state index contributed by atoms with van der Waals surface area (Å²) >= 11 is 3.49. The van der Waals surface area contributed by atoms with Crippen LogP contribution < -0.4 is 0 Å². The third kappa shape index (κ3) is 2.94. The van der Waals surface area contributed by atoms with Crippen LogP contribution in [0, 0.1) is 23.4 Å². The highest BCUT2D eigenvalue weighted by molar-refractivity contribution is 9.09. The molecule has 2 unspecified atom stereocenters. The van der Waals surface area contributed by atoms with Gasteiger partial charge in [0, 0.05) is 30.0 Å². The van der Waals surface area contributed by atoms with Gasteiger partial charge in [0.2, 0.25) is 0 Å². The number of hydrogen-bond donors (Lipinski definition) is 0. The Balaban J connectivity index is 2.25. The van der Waals surface area contributed by atoms with Crippen molar-refractivity contribution in [1.82, 2.24) is 4.90 Å². The number of halogens is 4. The molecule has 0 saturated carbocycles. The predicted octanol–water partition coefficient (Wildman–Crippen LogP) is 3.35. The summed E-state index contributed by atoms with van der Waals surface area (Å²) in [5.41, 5.74) is -0.679. The maximum absolute atomic E-state index is 13.6. The van der Waals surface area contributed by atoms with Crippen LogP contribution in [0.4, 0.5) is 13.2 Å². The van der Waals surface area contributed by atoms with E-state index in [1.165, 1.54) is 4.90 Å². The van der Waals surface area contributed by atoms with Crippen molar-refractivity contribution < 1.29 is 18.0 Å². The number of amides is 1. The highest BCUT2D eigenvalue weighted by Crippen LogP contribution is 2.25. The van der Waals surface area contributed by atoms with Gasteiger partial charge in [-0.3, -0.25) is 4.79 Å². The van der Waals surface area contributed by atoms with E-state index in [1.54, 1.807) is 0 Å². The lowest BCUT2D eigenvalue weighted by molar-refractivity contribution is 0.0680. The zero-order chi connectivity index (χ0) is 14.2. The molecule has 0 aliphatic carbocycles. The van der Waals surface area contributed by atoms with Crippen LogP contribution in [0.5, 0.6) is 0 Å². The maximum Gasteiger partial charge on any atom is 0.259 e. The molecule has 1 aliphatic rings. The van der Waals surface area contributed by atoms with E-state index in [1.807, 2.05) is 6.92 Å². The molecule has 2 atom stereocenters. The third-order valence-electron chi connectivity index (χ3n) is 3.31. The zero-order valence-corrected chi connectivity index (χ0v) is 11.9. The fraction of sp³-hybridized carbons (Fsp3) is 0.462. The maximum atomic E-state index is 13.6. The standard InChI is InChI=1S/C13H13BrF3NO/c1-7-6-18(3-2-9(7)14)13(19)12-10(16)4-8(15)5-11(12)17/h4-5,7,9H,2-3,6H2,1H3. The van der Waals surface area contributed by atoms with Gasteiger partial charge < -0.3 is 4.90 Å². The molecule has 1 aromatic carbocycles. The predicted molar refractivity (Wildman–Crippen MR) is 68.7 cm³/mol. The van der Waals surface area contributed by atoms with Gasteiger partial charge in [0.1, 0.15) is 23.0 Å². The molecule has 1 saturated heterocycles. The minimum absolute atomic E-state index is 0.198. The monoisotopic (exact) mass is 335 g/mol. The summed E-state index contributed by atoms with van der Waals surface area (Å²) in [4.78, 5) is 13.8. The number of carbonyl (C=O) groups is 1. The molecule has 0 N–H and O–H groups in total. The molecule has 1 aromatic rings. The first kappa shape index (κ1) is 14.4. The molecule has 0 spiro atoms. The smallest absolute Gasteiger partial charge is 0.259 e. The Morgan fingerprint density at radius 3 is 2.42 bits per heavy atom. The summed E-state index contributed by atoms with van der Waals surface area (Å²) in [5.74, 6) is -3.86. The fourth-order valence-electron chi connectivity index (χ4n) is 2.21. The van der Waals surface area contributed by atoms with Gasteiger partial charge in [-0.2, -0.15) is 0 Å². The van der Waals surface area contributed by atoms with Crippen LogP contribution in [0.15, 0.2) is 12.1 Å². The fourth-order valence-corrected chi connectivity index (χ4v) is 2.58. The Hall–Kier alpha value is -1.04. The van der Waals surface area contributed by atoms with Crippen molar-refractivity contribution in [2.45, 2.75) is 18.2 Å². The van der Waals surface area contributed by atoms with E-state index in [4.69, 9.17) is 0 Å². The molecule has 6 heteroatoms. The Morgan fingerprint density at radius 2 is 1.89 bits per heavy atom. The zero-order valence-electron chi connectivity index (χ0n) is 10.3. The Bertz CT molecular complexity index is 486. The molecule has 2 rings (SSSR count). The lowest BCUT2D eigenvalue weighted by Crippen LogP contribution is -2.43. The quantitative estimate of drug-likeness (QED) is 0.721. The van der Waals surface area contributed by atoms with Gasteiger partial charge in [0.25, 0.3) is 5.91 Å². The molecule has 1 aliphatic heterocycles. The summed E-state index contributed by atoms with van der Waals surface area (Å²) in [5, 5.41) is 0. The van der Waals surface area contributed by atoms with Gasteiger partial charge in [-0.1, -0.05) is 22.9 Å². The van der Waals surface area contributed by atoms with E-state index in [2.05, 4.69) is 15.9 Å². The van der Waals surface area contributed by atoms with Gasteiger partial charge in [-0.15, -0.1) is 0 Å². The van der Waals surface area contributed by atoms with E-state index < -0.39 is 28.9 Å². The first-order valence-corrected chi connectivity index (χ1v) is 6.89. The van der Waals surface area contributed by atoms with Crippen LogP contribution >= 0.6 is 15.9 Å². The van der Waals surface area contributed by atoms with Crippen molar-refractivity contribution in [3.8, 4) is 0 Å². The molecule has 2 nitrogen and oxygen atoms in total. The molecule has 0 bridgehead atoms. The van der Waals surface area contributed by atoms with Crippen molar-refractivity contribution in [3.63, 3.8) is 0 Å². The molecular weight excluding hydrogens is 323 g/mol.